The van der Waals surface area contributed by atoms with E-state index in [2.05, 4.69) is 0 Å². The highest BCUT2D eigenvalue weighted by Gasteiger charge is 2.39. The first-order valence-corrected chi connectivity index (χ1v) is 5.22. The fraction of sp³-hybridized carbons (Fsp3) is 0.417. The zero-order chi connectivity index (χ0) is 13.9. The van der Waals surface area contributed by atoms with Crippen LogP contribution >= 0.6 is 0 Å². The van der Waals surface area contributed by atoms with Gasteiger partial charge < -0.3 is 9.47 Å². The highest BCUT2D eigenvalue weighted by molar-refractivity contribution is 6.00. The third-order valence-corrected chi connectivity index (χ3v) is 2.05. The maximum atomic E-state index is 12.3. The van der Waals surface area contributed by atoms with Crippen LogP contribution in [0.2, 0.25) is 0 Å². The van der Waals surface area contributed by atoms with Crippen LogP contribution in [0.5, 0.6) is 11.5 Å². The topological polar surface area (TPSA) is 35.5 Å². The van der Waals surface area contributed by atoms with E-state index in [0.717, 1.165) is 12.1 Å². The van der Waals surface area contributed by atoms with Gasteiger partial charge in [0, 0.05) is 5.56 Å². The van der Waals surface area contributed by atoms with Crippen LogP contribution < -0.4 is 9.47 Å². The minimum Gasteiger partial charge on any atom is -0.493 e. The molecule has 1 aromatic carbocycles. The maximum absolute atomic E-state index is 12.3. The lowest BCUT2D eigenvalue weighted by Gasteiger charge is -2.14. The lowest BCUT2D eigenvalue weighted by Crippen LogP contribution is -2.22. The minimum atomic E-state index is -4.90. The molecule has 0 fully saturated rings. The van der Waals surface area contributed by atoms with Crippen molar-refractivity contribution in [2.45, 2.75) is 26.1 Å². The van der Waals surface area contributed by atoms with Gasteiger partial charge in [-0.2, -0.15) is 13.2 Å². The van der Waals surface area contributed by atoms with Crippen molar-refractivity contribution >= 4 is 5.78 Å². The molecule has 0 saturated carbocycles. The molecule has 6 heteroatoms. The van der Waals surface area contributed by atoms with Crippen LogP contribution in [0.4, 0.5) is 13.2 Å². The summed E-state index contributed by atoms with van der Waals surface area (Å²) in [4.78, 5) is 11.0. The van der Waals surface area contributed by atoms with Crippen LogP contribution in [0.3, 0.4) is 0 Å². The molecule has 0 N–H and O–H groups in total. The first-order chi connectivity index (χ1) is 8.25. The molecule has 0 aromatic heterocycles. The second-order valence-corrected chi connectivity index (χ2v) is 3.86. The number of halogens is 3. The predicted octanol–water partition coefficient (Wildman–Crippen LogP) is 3.23. The molecule has 1 aromatic rings. The Bertz CT molecular complexity index is 439. The summed E-state index contributed by atoms with van der Waals surface area (Å²) >= 11 is 0. The Balaban J connectivity index is 3.09. The lowest BCUT2D eigenvalue weighted by molar-refractivity contribution is -0.0885. The molecule has 0 amide bonds. The highest BCUT2D eigenvalue weighted by atomic mass is 19.4. The van der Waals surface area contributed by atoms with Crippen LogP contribution in [0.25, 0.3) is 0 Å². The lowest BCUT2D eigenvalue weighted by atomic mass is 10.1. The average Bonchev–Trinajstić information content (AvgIpc) is 2.26. The Morgan fingerprint density at radius 1 is 1.22 bits per heavy atom. The first-order valence-electron chi connectivity index (χ1n) is 5.22. The standard InChI is InChI=1S/C12H13F3O3/c1-7(2)18-9-5-4-8(6-10(9)17-3)11(16)12(13,14)15/h4-7H,1-3H3. The van der Waals surface area contributed by atoms with Crippen molar-refractivity contribution in [3.8, 4) is 11.5 Å². The van der Waals surface area contributed by atoms with Gasteiger partial charge in [-0.3, -0.25) is 4.79 Å². The van der Waals surface area contributed by atoms with Gasteiger partial charge in [0.05, 0.1) is 13.2 Å². The number of Topliss-reactive ketones (excluding diaryl/α,β-unsaturated/α-hetero) is 1. The Hall–Kier alpha value is -1.72. The Morgan fingerprint density at radius 2 is 1.83 bits per heavy atom. The van der Waals surface area contributed by atoms with Gasteiger partial charge >= 0.3 is 6.18 Å². The van der Waals surface area contributed by atoms with Gasteiger partial charge in [-0.05, 0) is 32.0 Å². The zero-order valence-electron chi connectivity index (χ0n) is 10.2. The molecule has 0 spiro atoms. The number of methoxy groups -OCH3 is 1. The largest absolute Gasteiger partial charge is 0.493 e. The highest BCUT2D eigenvalue weighted by Crippen LogP contribution is 2.31. The number of alkyl halides is 3. The molecule has 0 unspecified atom stereocenters. The third kappa shape index (κ3) is 3.38. The summed E-state index contributed by atoms with van der Waals surface area (Å²) in [6, 6.07) is 3.38. The predicted molar refractivity (Wildman–Crippen MR) is 59.1 cm³/mol. The van der Waals surface area contributed by atoms with Crippen molar-refractivity contribution in [2.75, 3.05) is 7.11 Å². The average molecular weight is 262 g/mol. The van der Waals surface area contributed by atoms with Gasteiger partial charge in [-0.25, -0.2) is 0 Å². The number of ketones is 1. The van der Waals surface area contributed by atoms with E-state index in [-0.39, 0.29) is 11.9 Å². The Labute approximate surface area is 103 Å². The summed E-state index contributed by atoms with van der Waals surface area (Å²) in [6.45, 7) is 3.54. The molecule has 0 heterocycles. The molecular weight excluding hydrogens is 249 g/mol. The normalized spacial score (nSPS) is 11.5. The number of ether oxygens (including phenoxy) is 2. The van der Waals surface area contributed by atoms with Crippen LogP contribution in [-0.2, 0) is 0 Å². The van der Waals surface area contributed by atoms with Crippen molar-refractivity contribution in [3.05, 3.63) is 23.8 Å². The minimum absolute atomic E-state index is 0.0961. The van der Waals surface area contributed by atoms with Gasteiger partial charge in [0.15, 0.2) is 11.5 Å². The quantitative estimate of drug-likeness (QED) is 0.781. The van der Waals surface area contributed by atoms with Gasteiger partial charge in [0.2, 0.25) is 0 Å². The molecule has 0 aliphatic rings. The maximum Gasteiger partial charge on any atom is 0.454 e. The molecule has 100 valence electrons. The summed E-state index contributed by atoms with van der Waals surface area (Å²) in [6.07, 6.45) is -5.05. The van der Waals surface area contributed by atoms with Crippen molar-refractivity contribution in [2.24, 2.45) is 0 Å². The second kappa shape index (κ2) is 5.29. The fourth-order valence-corrected chi connectivity index (χ4v) is 1.32. The zero-order valence-corrected chi connectivity index (χ0v) is 10.2. The number of carbonyl (C=O) groups is 1. The van der Waals surface area contributed by atoms with Crippen molar-refractivity contribution in [3.63, 3.8) is 0 Å². The molecular formula is C12H13F3O3. The number of hydrogen-bond acceptors (Lipinski definition) is 3. The smallest absolute Gasteiger partial charge is 0.454 e. The van der Waals surface area contributed by atoms with Crippen LogP contribution in [0.1, 0.15) is 24.2 Å². The van der Waals surface area contributed by atoms with Crippen LogP contribution in [0, 0.1) is 0 Å². The van der Waals surface area contributed by atoms with Crippen LogP contribution in [0.15, 0.2) is 18.2 Å². The fourth-order valence-electron chi connectivity index (χ4n) is 1.32. The number of benzene rings is 1. The van der Waals surface area contributed by atoms with E-state index in [1.54, 1.807) is 13.8 Å². The van der Waals surface area contributed by atoms with E-state index in [4.69, 9.17) is 9.47 Å². The summed E-state index contributed by atoms with van der Waals surface area (Å²) in [5.41, 5.74) is -0.476. The van der Waals surface area contributed by atoms with Gasteiger partial charge in [-0.1, -0.05) is 0 Å². The summed E-state index contributed by atoms with van der Waals surface area (Å²) in [5.74, 6) is -1.51. The molecule has 0 bridgehead atoms. The monoisotopic (exact) mass is 262 g/mol. The molecule has 1 rings (SSSR count). The Kier molecular flexibility index (Phi) is 4.21. The first kappa shape index (κ1) is 14.3. The van der Waals surface area contributed by atoms with E-state index in [0.29, 0.717) is 5.75 Å². The van der Waals surface area contributed by atoms with E-state index in [1.807, 2.05) is 0 Å². The van der Waals surface area contributed by atoms with Gasteiger partial charge in [-0.15, -0.1) is 0 Å². The summed E-state index contributed by atoms with van der Waals surface area (Å²) < 4.78 is 47.0. The SMILES string of the molecule is COc1cc(C(=O)C(F)(F)F)ccc1OC(C)C. The Morgan fingerprint density at radius 3 is 2.28 bits per heavy atom. The summed E-state index contributed by atoms with van der Waals surface area (Å²) in [5, 5.41) is 0. The molecule has 0 atom stereocenters. The second-order valence-electron chi connectivity index (χ2n) is 3.86. The number of rotatable bonds is 4. The van der Waals surface area contributed by atoms with Crippen molar-refractivity contribution in [1.82, 2.24) is 0 Å². The molecule has 0 saturated heterocycles. The molecule has 3 nitrogen and oxygen atoms in total. The van der Waals surface area contributed by atoms with E-state index >= 15 is 0 Å². The molecule has 0 aliphatic carbocycles. The van der Waals surface area contributed by atoms with Gasteiger partial charge in [0.25, 0.3) is 5.78 Å². The number of hydrogen-bond donors (Lipinski definition) is 0. The van der Waals surface area contributed by atoms with Crippen LogP contribution in [-0.4, -0.2) is 25.2 Å². The van der Waals surface area contributed by atoms with Gasteiger partial charge in [0.1, 0.15) is 0 Å². The van der Waals surface area contributed by atoms with E-state index in [1.165, 1.54) is 13.2 Å². The molecule has 18 heavy (non-hydrogen) atoms. The molecule has 0 radical (unpaired) electrons. The molecule has 0 aliphatic heterocycles. The van der Waals surface area contributed by atoms with Crippen molar-refractivity contribution < 1.29 is 27.4 Å². The number of carbonyl (C=O) groups excluding carboxylic acids is 1. The van der Waals surface area contributed by atoms with E-state index < -0.39 is 17.5 Å². The third-order valence-electron chi connectivity index (χ3n) is 2.05. The summed E-state index contributed by atoms with van der Waals surface area (Å²) in [7, 11) is 1.30. The van der Waals surface area contributed by atoms with Crippen molar-refractivity contribution in [1.29, 1.82) is 0 Å². The van der Waals surface area contributed by atoms with E-state index in [9.17, 15) is 18.0 Å².